The molecular weight excluding hydrogens is 328 g/mol. The highest BCUT2D eigenvalue weighted by atomic mass is 16.5. The summed E-state index contributed by atoms with van der Waals surface area (Å²) in [5, 5.41) is 2.82. The number of carbonyl (C=O) groups excluding carboxylic acids is 1. The molecule has 2 aromatic rings. The molecule has 6 nitrogen and oxygen atoms in total. The van der Waals surface area contributed by atoms with Crippen molar-refractivity contribution in [2.24, 2.45) is 0 Å². The van der Waals surface area contributed by atoms with Crippen molar-refractivity contribution < 1.29 is 9.53 Å². The number of amides is 1. The number of piperazine rings is 1. The number of ether oxygens (including phenoxy) is 1. The van der Waals surface area contributed by atoms with Gasteiger partial charge in [0.2, 0.25) is 5.91 Å². The van der Waals surface area contributed by atoms with Crippen LogP contribution < -0.4 is 15.0 Å². The lowest BCUT2D eigenvalue weighted by Crippen LogP contribution is -2.46. The zero-order chi connectivity index (χ0) is 18.2. The van der Waals surface area contributed by atoms with Crippen LogP contribution in [0.5, 0.6) is 5.75 Å². The van der Waals surface area contributed by atoms with E-state index in [0.29, 0.717) is 12.4 Å². The molecule has 0 aliphatic carbocycles. The smallest absolute Gasteiger partial charge is 0.228 e. The summed E-state index contributed by atoms with van der Waals surface area (Å²) in [6, 6.07) is 13.4. The van der Waals surface area contributed by atoms with Gasteiger partial charge in [0.05, 0.1) is 24.9 Å². The maximum Gasteiger partial charge on any atom is 0.228 e. The number of anilines is 2. The van der Waals surface area contributed by atoms with Gasteiger partial charge in [-0.1, -0.05) is 25.1 Å². The number of nitrogens with one attached hydrogen (secondary N) is 1. The van der Waals surface area contributed by atoms with E-state index in [2.05, 4.69) is 27.0 Å². The zero-order valence-corrected chi connectivity index (χ0v) is 15.2. The van der Waals surface area contributed by atoms with Gasteiger partial charge in [-0.3, -0.25) is 4.79 Å². The predicted octanol–water partition coefficient (Wildman–Crippen LogP) is 2.63. The first kappa shape index (κ1) is 18.2. The van der Waals surface area contributed by atoms with E-state index in [1.165, 1.54) is 0 Å². The minimum Gasteiger partial charge on any atom is -0.493 e. The van der Waals surface area contributed by atoms with Gasteiger partial charge in [-0.15, -0.1) is 0 Å². The monoisotopic (exact) mass is 354 g/mol. The van der Waals surface area contributed by atoms with Gasteiger partial charge in [0.1, 0.15) is 11.6 Å². The minimum atomic E-state index is -0.0993. The largest absolute Gasteiger partial charge is 0.493 e. The van der Waals surface area contributed by atoms with Gasteiger partial charge in [0, 0.05) is 26.2 Å². The first-order chi connectivity index (χ1) is 12.7. The predicted molar refractivity (Wildman–Crippen MR) is 104 cm³/mol. The van der Waals surface area contributed by atoms with Crippen LogP contribution in [0.3, 0.4) is 0 Å². The second-order valence-electron chi connectivity index (χ2n) is 6.28. The van der Waals surface area contributed by atoms with Crippen LogP contribution >= 0.6 is 0 Å². The Kier molecular flexibility index (Phi) is 6.44. The summed E-state index contributed by atoms with van der Waals surface area (Å²) in [6.07, 6.45) is 2.12. The molecule has 0 bridgehead atoms. The maximum absolute atomic E-state index is 12.0. The van der Waals surface area contributed by atoms with Crippen LogP contribution in [0.1, 0.15) is 13.3 Å². The molecule has 1 aliphatic rings. The Labute approximate surface area is 154 Å². The number of hydrogen-bond donors (Lipinski definition) is 1. The Balaban J connectivity index is 1.43. The van der Waals surface area contributed by atoms with Crippen molar-refractivity contribution >= 4 is 17.4 Å². The van der Waals surface area contributed by atoms with Crippen LogP contribution in [-0.4, -0.2) is 55.1 Å². The van der Waals surface area contributed by atoms with E-state index in [1.54, 1.807) is 0 Å². The number of carbonyl (C=O) groups is 1. The van der Waals surface area contributed by atoms with Crippen molar-refractivity contribution in [3.63, 3.8) is 0 Å². The Morgan fingerprint density at radius 3 is 2.54 bits per heavy atom. The van der Waals surface area contributed by atoms with Crippen molar-refractivity contribution in [2.45, 2.75) is 13.3 Å². The van der Waals surface area contributed by atoms with Crippen molar-refractivity contribution in [2.75, 3.05) is 49.5 Å². The van der Waals surface area contributed by atoms with Crippen molar-refractivity contribution in [1.29, 1.82) is 0 Å². The van der Waals surface area contributed by atoms with E-state index in [1.807, 2.05) is 48.7 Å². The molecule has 6 heteroatoms. The van der Waals surface area contributed by atoms with E-state index >= 15 is 0 Å². The molecule has 26 heavy (non-hydrogen) atoms. The molecule has 1 aliphatic heterocycles. The normalized spacial score (nSPS) is 14.9. The lowest BCUT2D eigenvalue weighted by molar-refractivity contribution is -0.116. The quantitative estimate of drug-likeness (QED) is 0.828. The fraction of sp³-hybridized carbons (Fsp3) is 0.400. The van der Waals surface area contributed by atoms with Gasteiger partial charge in [0.15, 0.2) is 0 Å². The lowest BCUT2D eigenvalue weighted by atomic mass is 10.2. The first-order valence-electron chi connectivity index (χ1n) is 9.15. The highest BCUT2D eigenvalue weighted by molar-refractivity contribution is 5.89. The van der Waals surface area contributed by atoms with Crippen LogP contribution in [0.4, 0.5) is 11.5 Å². The van der Waals surface area contributed by atoms with Gasteiger partial charge in [-0.05, 0) is 30.8 Å². The van der Waals surface area contributed by atoms with Crippen LogP contribution in [-0.2, 0) is 4.79 Å². The summed E-state index contributed by atoms with van der Waals surface area (Å²) in [7, 11) is 0. The zero-order valence-electron chi connectivity index (χ0n) is 15.2. The molecule has 0 spiro atoms. The fourth-order valence-electron chi connectivity index (χ4n) is 2.95. The molecule has 1 aromatic carbocycles. The first-order valence-corrected chi connectivity index (χ1v) is 9.15. The number of benzene rings is 1. The molecule has 3 rings (SSSR count). The molecular formula is C20H26N4O2. The highest BCUT2D eigenvalue weighted by Gasteiger charge is 2.16. The number of likely N-dealkylation sites (N-methyl/N-ethyl adjacent to an activating group) is 1. The summed E-state index contributed by atoms with van der Waals surface area (Å²) in [6.45, 7) is 7.82. The molecule has 1 N–H and O–H groups in total. The van der Waals surface area contributed by atoms with E-state index in [4.69, 9.17) is 4.74 Å². The Hall–Kier alpha value is -2.60. The molecule has 0 atom stereocenters. The molecule has 1 saturated heterocycles. The van der Waals surface area contributed by atoms with Crippen LogP contribution in [0.2, 0.25) is 0 Å². The summed E-state index contributed by atoms with van der Waals surface area (Å²) in [4.78, 5) is 21.2. The number of pyridine rings is 1. The van der Waals surface area contributed by atoms with E-state index in [9.17, 15) is 4.79 Å². The molecule has 138 valence electrons. The van der Waals surface area contributed by atoms with E-state index < -0.39 is 0 Å². The van der Waals surface area contributed by atoms with Crippen molar-refractivity contribution in [1.82, 2.24) is 9.88 Å². The highest BCUT2D eigenvalue weighted by Crippen LogP contribution is 2.17. The molecule has 1 fully saturated rings. The minimum absolute atomic E-state index is 0.0993. The van der Waals surface area contributed by atoms with Gasteiger partial charge < -0.3 is 19.9 Å². The molecule has 1 aromatic heterocycles. The molecule has 0 radical (unpaired) electrons. The number of aromatic nitrogens is 1. The molecule has 1 amide bonds. The number of hydrogen-bond acceptors (Lipinski definition) is 5. The second kappa shape index (κ2) is 9.20. The lowest BCUT2D eigenvalue weighted by Gasteiger charge is -2.35. The summed E-state index contributed by atoms with van der Waals surface area (Å²) >= 11 is 0. The Morgan fingerprint density at radius 1 is 1.12 bits per heavy atom. The summed E-state index contributed by atoms with van der Waals surface area (Å²) in [5.74, 6) is 1.24. The topological polar surface area (TPSA) is 57.7 Å². The third-order valence-corrected chi connectivity index (χ3v) is 4.54. The Bertz CT molecular complexity index is 683. The fourth-order valence-corrected chi connectivity index (χ4v) is 2.95. The summed E-state index contributed by atoms with van der Waals surface area (Å²) in [5.41, 5.74) is 1.10. The second-order valence-corrected chi connectivity index (χ2v) is 6.28. The average molecular weight is 354 g/mol. The van der Waals surface area contributed by atoms with Gasteiger partial charge in [-0.2, -0.15) is 0 Å². The molecule has 0 unspecified atom stereocenters. The number of para-hydroxylation sites is 1. The summed E-state index contributed by atoms with van der Waals surface area (Å²) < 4.78 is 5.54. The van der Waals surface area contributed by atoms with E-state index in [-0.39, 0.29) is 12.3 Å². The standard InChI is InChI=1S/C20H26N4O2/c1-2-23-11-13-24(14-12-23)17-8-9-19(21-16-17)22-20(25)10-15-26-18-6-4-3-5-7-18/h3-9,16H,2,10-15H2,1H3,(H,21,22,25). The van der Waals surface area contributed by atoms with E-state index in [0.717, 1.165) is 44.2 Å². The number of rotatable bonds is 7. The van der Waals surface area contributed by atoms with Crippen molar-refractivity contribution in [3.05, 3.63) is 48.7 Å². The van der Waals surface area contributed by atoms with Crippen molar-refractivity contribution in [3.8, 4) is 5.75 Å². The maximum atomic E-state index is 12.0. The third kappa shape index (κ3) is 5.20. The average Bonchev–Trinajstić information content (AvgIpc) is 2.69. The Morgan fingerprint density at radius 2 is 1.88 bits per heavy atom. The van der Waals surface area contributed by atoms with Gasteiger partial charge >= 0.3 is 0 Å². The number of nitrogens with zero attached hydrogens (tertiary/aromatic N) is 3. The van der Waals surface area contributed by atoms with Gasteiger partial charge in [-0.25, -0.2) is 4.98 Å². The van der Waals surface area contributed by atoms with Crippen LogP contribution in [0.25, 0.3) is 0 Å². The van der Waals surface area contributed by atoms with Crippen LogP contribution in [0.15, 0.2) is 48.7 Å². The van der Waals surface area contributed by atoms with Gasteiger partial charge in [0.25, 0.3) is 0 Å². The third-order valence-electron chi connectivity index (χ3n) is 4.54. The molecule has 2 heterocycles. The van der Waals surface area contributed by atoms with Crippen LogP contribution in [0, 0.1) is 0 Å². The SMILES string of the molecule is CCN1CCN(c2ccc(NC(=O)CCOc3ccccc3)nc2)CC1. The molecule has 0 saturated carbocycles.